The van der Waals surface area contributed by atoms with Crippen LogP contribution in [0.15, 0.2) is 72.2 Å². The predicted octanol–water partition coefficient (Wildman–Crippen LogP) is 6.52. The molecular formula is C32H48N2O4. The average molecular weight is 525 g/mol. The lowest BCUT2D eigenvalue weighted by atomic mass is 9.98. The topological polar surface area (TPSA) is 70.1 Å². The van der Waals surface area contributed by atoms with Crippen LogP contribution in [0.1, 0.15) is 65.2 Å². The van der Waals surface area contributed by atoms with Crippen LogP contribution < -0.4 is 4.74 Å². The number of amides is 1. The molecule has 210 valence electrons. The number of aliphatic hydroxyl groups excluding tert-OH is 1. The van der Waals surface area contributed by atoms with Gasteiger partial charge in [-0.25, -0.2) is 0 Å². The van der Waals surface area contributed by atoms with Gasteiger partial charge in [0.1, 0.15) is 11.4 Å². The fourth-order valence-corrected chi connectivity index (χ4v) is 3.63. The summed E-state index contributed by atoms with van der Waals surface area (Å²) in [4.78, 5) is 27.2. The molecule has 2 aromatic rings. The van der Waals surface area contributed by atoms with Crippen LogP contribution in [0.25, 0.3) is 0 Å². The molecular weight excluding hydrogens is 476 g/mol. The Kier molecular flexibility index (Phi) is 16.4. The van der Waals surface area contributed by atoms with Crippen LogP contribution in [0.2, 0.25) is 0 Å². The van der Waals surface area contributed by atoms with Gasteiger partial charge in [-0.2, -0.15) is 0 Å². The smallest absolute Gasteiger partial charge is 0.223 e. The molecule has 0 saturated heterocycles. The molecule has 1 amide bonds. The number of hydrogen-bond acceptors (Lipinski definition) is 5. The van der Waals surface area contributed by atoms with Crippen molar-refractivity contribution in [2.45, 2.75) is 68.4 Å². The quantitative estimate of drug-likeness (QED) is 0.358. The zero-order chi connectivity index (χ0) is 29.4. The van der Waals surface area contributed by atoms with Crippen molar-refractivity contribution in [1.82, 2.24) is 9.80 Å². The van der Waals surface area contributed by atoms with Gasteiger partial charge in [0, 0.05) is 45.4 Å². The average Bonchev–Trinajstić information content (AvgIpc) is 2.90. The molecule has 0 aliphatic rings. The molecule has 38 heavy (non-hydrogen) atoms. The summed E-state index contributed by atoms with van der Waals surface area (Å²) in [6, 6.07) is 16.0. The Hall–Kier alpha value is -3.38. The van der Waals surface area contributed by atoms with Crippen LogP contribution in [-0.2, 0) is 22.6 Å². The first-order chi connectivity index (χ1) is 17.9. The van der Waals surface area contributed by atoms with E-state index in [1.165, 1.54) is 29.9 Å². The largest absolute Gasteiger partial charge is 0.497 e. The fourth-order valence-electron chi connectivity index (χ4n) is 3.63. The molecule has 0 heterocycles. The van der Waals surface area contributed by atoms with E-state index in [9.17, 15) is 9.59 Å². The van der Waals surface area contributed by atoms with Crippen molar-refractivity contribution >= 4 is 11.7 Å². The molecule has 0 fully saturated rings. The summed E-state index contributed by atoms with van der Waals surface area (Å²) < 4.78 is 5.16. The Bertz CT molecular complexity index is 1060. The third-order valence-corrected chi connectivity index (χ3v) is 6.02. The third kappa shape index (κ3) is 11.3. The lowest BCUT2D eigenvalue weighted by Crippen LogP contribution is -2.31. The second-order valence-corrected chi connectivity index (χ2v) is 9.16. The SMILES string of the molecule is C=C(C)N(Cc1ccc(OC)cc1)/C(C(C)=O)=C(\C)N(C)C(C)=O.CC.Cc1ccccc1CC(C)CO. The number of carbonyl (C=O) groups is 2. The number of rotatable bonds is 10. The number of allylic oxidation sites excluding steroid dienone is 3. The van der Waals surface area contributed by atoms with E-state index in [1.807, 2.05) is 62.1 Å². The Morgan fingerprint density at radius 2 is 1.55 bits per heavy atom. The van der Waals surface area contributed by atoms with Gasteiger partial charge in [-0.3, -0.25) is 9.59 Å². The van der Waals surface area contributed by atoms with Gasteiger partial charge < -0.3 is 19.6 Å². The van der Waals surface area contributed by atoms with Gasteiger partial charge in [0.2, 0.25) is 5.91 Å². The Balaban J connectivity index is 0.000000815. The maximum absolute atomic E-state index is 12.3. The molecule has 1 N–H and O–H groups in total. The number of ether oxygens (including phenoxy) is 1. The van der Waals surface area contributed by atoms with Crippen LogP contribution in [0.5, 0.6) is 5.75 Å². The van der Waals surface area contributed by atoms with Crippen molar-refractivity contribution in [2.75, 3.05) is 20.8 Å². The van der Waals surface area contributed by atoms with Crippen molar-refractivity contribution < 1.29 is 19.4 Å². The molecule has 6 nitrogen and oxygen atoms in total. The van der Waals surface area contributed by atoms with E-state index in [1.54, 1.807) is 21.1 Å². The number of Topliss-reactive ketones (excluding diaryl/α,β-unsaturated/α-hetero) is 1. The van der Waals surface area contributed by atoms with Gasteiger partial charge >= 0.3 is 0 Å². The maximum atomic E-state index is 12.3. The number of ketones is 1. The molecule has 0 spiro atoms. The number of benzene rings is 2. The maximum Gasteiger partial charge on any atom is 0.223 e. The minimum Gasteiger partial charge on any atom is -0.497 e. The molecule has 0 aliphatic heterocycles. The minimum absolute atomic E-state index is 0.114. The van der Waals surface area contributed by atoms with Gasteiger partial charge in [0.25, 0.3) is 0 Å². The van der Waals surface area contributed by atoms with Crippen LogP contribution in [0.3, 0.4) is 0 Å². The highest BCUT2D eigenvalue weighted by Crippen LogP contribution is 2.23. The van der Waals surface area contributed by atoms with Crippen molar-refractivity contribution in [3.63, 3.8) is 0 Å². The Morgan fingerprint density at radius 3 is 1.97 bits per heavy atom. The predicted molar refractivity (Wildman–Crippen MR) is 158 cm³/mol. The fraction of sp³-hybridized carbons (Fsp3) is 0.438. The summed E-state index contributed by atoms with van der Waals surface area (Å²) in [5.41, 5.74) is 5.47. The molecule has 0 saturated carbocycles. The van der Waals surface area contributed by atoms with Crippen LogP contribution >= 0.6 is 0 Å². The molecule has 1 atom stereocenters. The number of methoxy groups -OCH3 is 1. The van der Waals surface area contributed by atoms with Crippen LogP contribution in [0.4, 0.5) is 0 Å². The van der Waals surface area contributed by atoms with Gasteiger partial charge in [-0.05, 0) is 61.9 Å². The van der Waals surface area contributed by atoms with Gasteiger partial charge in [0.05, 0.1) is 7.11 Å². The van der Waals surface area contributed by atoms with Crippen LogP contribution in [0, 0.1) is 12.8 Å². The number of carbonyl (C=O) groups excluding carboxylic acids is 2. The highest BCUT2D eigenvalue weighted by molar-refractivity contribution is 5.94. The molecule has 6 heteroatoms. The molecule has 1 unspecified atom stereocenters. The lowest BCUT2D eigenvalue weighted by Gasteiger charge is -2.30. The van der Waals surface area contributed by atoms with E-state index >= 15 is 0 Å². The summed E-state index contributed by atoms with van der Waals surface area (Å²) >= 11 is 0. The van der Waals surface area contributed by atoms with E-state index in [2.05, 4.69) is 32.6 Å². The Morgan fingerprint density at radius 1 is 1.00 bits per heavy atom. The number of aryl methyl sites for hydroxylation is 1. The van der Waals surface area contributed by atoms with E-state index in [0.717, 1.165) is 23.4 Å². The normalized spacial score (nSPS) is 11.4. The number of nitrogens with zero attached hydrogens (tertiary/aromatic N) is 2. The monoisotopic (exact) mass is 524 g/mol. The van der Waals surface area contributed by atoms with E-state index in [0.29, 0.717) is 23.9 Å². The zero-order valence-electron chi connectivity index (χ0n) is 25.1. The second kappa shape index (κ2) is 18.0. The molecule has 2 rings (SSSR count). The van der Waals surface area contributed by atoms with Gasteiger partial charge in [-0.15, -0.1) is 0 Å². The molecule has 0 bridgehead atoms. The Labute approximate surface area is 230 Å². The van der Waals surface area contributed by atoms with E-state index in [-0.39, 0.29) is 18.3 Å². The zero-order valence-corrected chi connectivity index (χ0v) is 25.1. The lowest BCUT2D eigenvalue weighted by molar-refractivity contribution is -0.125. The second-order valence-electron chi connectivity index (χ2n) is 9.16. The molecule has 0 radical (unpaired) electrons. The van der Waals surface area contributed by atoms with E-state index < -0.39 is 0 Å². The summed E-state index contributed by atoms with van der Waals surface area (Å²) in [6.07, 6.45) is 0.975. The van der Waals surface area contributed by atoms with E-state index in [4.69, 9.17) is 9.84 Å². The van der Waals surface area contributed by atoms with Crippen molar-refractivity contribution in [1.29, 1.82) is 0 Å². The first-order valence-corrected chi connectivity index (χ1v) is 13.1. The minimum atomic E-state index is -0.127. The molecule has 2 aromatic carbocycles. The highest BCUT2D eigenvalue weighted by atomic mass is 16.5. The summed E-state index contributed by atoms with van der Waals surface area (Å²) in [6.45, 7) is 19.5. The van der Waals surface area contributed by atoms with Gasteiger partial charge in [-0.1, -0.05) is 63.7 Å². The summed E-state index contributed by atoms with van der Waals surface area (Å²) in [7, 11) is 3.28. The van der Waals surface area contributed by atoms with Crippen molar-refractivity contribution in [2.24, 2.45) is 5.92 Å². The van der Waals surface area contributed by atoms with Crippen molar-refractivity contribution in [3.05, 3.63) is 88.9 Å². The first-order valence-electron chi connectivity index (χ1n) is 13.1. The standard InChI is InChI=1S/C19H26N2O3.C11H16O.C2H6/c1-13(2)21(12-17-8-10-18(24-7)11-9-17)19(15(4)22)14(3)20(6)16(5)23;1-9(8-12)7-11-6-4-3-5-10(11)2;1-2/h8-11H,1,12H2,2-7H3;3-6,9,12H,7-8H2,1-2H3;1-2H3/b19-14+;;. The summed E-state index contributed by atoms with van der Waals surface area (Å²) in [5, 5.41) is 8.89. The van der Waals surface area contributed by atoms with Gasteiger partial charge in [0.15, 0.2) is 5.78 Å². The summed E-state index contributed by atoms with van der Waals surface area (Å²) in [5.74, 6) is 0.899. The third-order valence-electron chi connectivity index (χ3n) is 6.02. The molecule has 0 aliphatic carbocycles. The highest BCUT2D eigenvalue weighted by Gasteiger charge is 2.21. The molecule has 0 aromatic heterocycles. The van der Waals surface area contributed by atoms with Crippen LogP contribution in [-0.4, -0.2) is 47.4 Å². The first kappa shape index (κ1) is 34.6. The number of hydrogen-bond donors (Lipinski definition) is 1. The number of aliphatic hydroxyl groups is 1. The van der Waals surface area contributed by atoms with Crippen molar-refractivity contribution in [3.8, 4) is 5.75 Å².